The third-order valence-electron chi connectivity index (χ3n) is 3.93. The molecule has 1 aromatic carbocycles. The molecule has 0 radical (unpaired) electrons. The molecule has 1 aromatic rings. The Morgan fingerprint density at radius 2 is 1.55 bits per heavy atom. The van der Waals surface area contributed by atoms with Crippen LogP contribution in [-0.4, -0.2) is 8.07 Å². The van der Waals surface area contributed by atoms with E-state index < -0.39 is 14.2 Å². The highest BCUT2D eigenvalue weighted by Gasteiger charge is 2.34. The van der Waals surface area contributed by atoms with Gasteiger partial charge in [0.25, 0.3) is 6.08 Å². The lowest BCUT2D eigenvalue weighted by molar-refractivity contribution is 0.419. The molecule has 0 N–H and O–H groups in total. The van der Waals surface area contributed by atoms with E-state index in [1.807, 2.05) is 20.8 Å². The smallest absolute Gasteiger partial charge is 0.173 e. The summed E-state index contributed by atoms with van der Waals surface area (Å²) < 4.78 is 26.6. The molecular weight excluding hydrogens is 294 g/mol. The first-order valence-corrected chi connectivity index (χ1v) is 9.82. The largest absolute Gasteiger partial charge is 0.277 e. The molecule has 108 valence electrons. The second-order valence-corrected chi connectivity index (χ2v) is 10.4. The number of hydrogen-bond donors (Lipinski definition) is 0. The zero-order valence-electron chi connectivity index (χ0n) is 12.1. The van der Waals surface area contributed by atoms with E-state index in [0.717, 1.165) is 18.1 Å². The van der Waals surface area contributed by atoms with E-state index in [9.17, 15) is 8.78 Å². The lowest BCUT2D eigenvalue weighted by Gasteiger charge is -2.27. The minimum Gasteiger partial charge on any atom is -0.173 e. The molecule has 0 aliphatic rings. The molecule has 1 rings (SSSR count). The third kappa shape index (κ3) is 3.94. The number of rotatable bonds is 4. The standard InChI is InChI=1S/C16H19ClF2Si/c1-4-20(5-2,6-3)15(16(18)19)12-9-13-7-10-14(17)11-8-13/h7-8,10-11H,4-6H2,1-3H3. The normalized spacial score (nSPS) is 10.7. The number of hydrogen-bond acceptors (Lipinski definition) is 0. The van der Waals surface area contributed by atoms with Gasteiger partial charge in [0.05, 0.1) is 5.20 Å². The van der Waals surface area contributed by atoms with Crippen LogP contribution in [0.1, 0.15) is 26.3 Å². The van der Waals surface area contributed by atoms with Crippen molar-refractivity contribution in [2.24, 2.45) is 0 Å². The van der Waals surface area contributed by atoms with Crippen LogP contribution in [0.4, 0.5) is 8.78 Å². The molecule has 0 unspecified atom stereocenters. The Morgan fingerprint density at radius 3 is 1.95 bits per heavy atom. The van der Waals surface area contributed by atoms with Crippen LogP contribution in [0.25, 0.3) is 0 Å². The van der Waals surface area contributed by atoms with Crippen molar-refractivity contribution in [2.45, 2.75) is 38.9 Å². The molecule has 0 fully saturated rings. The summed E-state index contributed by atoms with van der Waals surface area (Å²) in [7, 11) is -2.14. The molecule has 0 bridgehead atoms. The fraction of sp³-hybridized carbons (Fsp3) is 0.375. The van der Waals surface area contributed by atoms with Crippen LogP contribution in [0, 0.1) is 11.8 Å². The summed E-state index contributed by atoms with van der Waals surface area (Å²) in [5.41, 5.74) is 0.708. The van der Waals surface area contributed by atoms with Gasteiger partial charge in [-0.15, -0.1) is 0 Å². The zero-order chi connectivity index (χ0) is 15.2. The van der Waals surface area contributed by atoms with E-state index in [2.05, 4.69) is 11.8 Å². The first kappa shape index (κ1) is 16.9. The van der Waals surface area contributed by atoms with Gasteiger partial charge < -0.3 is 0 Å². The van der Waals surface area contributed by atoms with Crippen molar-refractivity contribution >= 4 is 19.7 Å². The first-order chi connectivity index (χ1) is 9.49. The fourth-order valence-electron chi connectivity index (χ4n) is 2.33. The van der Waals surface area contributed by atoms with Crippen LogP contribution >= 0.6 is 11.6 Å². The van der Waals surface area contributed by atoms with Crippen molar-refractivity contribution in [3.8, 4) is 11.8 Å². The monoisotopic (exact) mass is 312 g/mol. The van der Waals surface area contributed by atoms with Crippen molar-refractivity contribution in [3.05, 3.63) is 46.1 Å². The Bertz CT molecular complexity index is 522. The van der Waals surface area contributed by atoms with Crippen LogP contribution < -0.4 is 0 Å². The summed E-state index contributed by atoms with van der Waals surface area (Å²) in [5.74, 6) is 5.60. The highest BCUT2D eigenvalue weighted by molar-refractivity contribution is 6.87. The molecule has 20 heavy (non-hydrogen) atoms. The Labute approximate surface area is 125 Å². The van der Waals surface area contributed by atoms with E-state index in [1.165, 1.54) is 0 Å². The number of benzene rings is 1. The lowest BCUT2D eigenvalue weighted by Crippen LogP contribution is -2.34. The second kappa shape index (κ2) is 7.61. The molecule has 0 aliphatic heterocycles. The summed E-state index contributed by atoms with van der Waals surface area (Å²) in [4.78, 5) is 0. The highest BCUT2D eigenvalue weighted by atomic mass is 35.5. The quantitative estimate of drug-likeness (QED) is 0.480. The van der Waals surface area contributed by atoms with Crippen LogP contribution in [0.2, 0.25) is 23.2 Å². The Kier molecular flexibility index (Phi) is 6.45. The van der Waals surface area contributed by atoms with Gasteiger partial charge in [0.15, 0.2) is 0 Å². The number of halogens is 3. The maximum absolute atomic E-state index is 13.3. The van der Waals surface area contributed by atoms with Crippen LogP contribution in [0.5, 0.6) is 0 Å². The topological polar surface area (TPSA) is 0 Å². The minimum absolute atomic E-state index is 0.111. The first-order valence-electron chi connectivity index (χ1n) is 6.82. The van der Waals surface area contributed by atoms with E-state index in [-0.39, 0.29) is 5.20 Å². The van der Waals surface area contributed by atoms with Gasteiger partial charge in [-0.2, -0.15) is 8.78 Å². The van der Waals surface area contributed by atoms with Crippen LogP contribution in [0.3, 0.4) is 0 Å². The van der Waals surface area contributed by atoms with Gasteiger partial charge in [-0.1, -0.05) is 62.3 Å². The van der Waals surface area contributed by atoms with Crippen molar-refractivity contribution < 1.29 is 8.78 Å². The van der Waals surface area contributed by atoms with Crippen molar-refractivity contribution in [1.82, 2.24) is 0 Å². The van der Waals surface area contributed by atoms with Gasteiger partial charge in [-0.3, -0.25) is 0 Å². The van der Waals surface area contributed by atoms with Gasteiger partial charge in [-0.25, -0.2) is 0 Å². The van der Waals surface area contributed by atoms with Crippen LogP contribution in [-0.2, 0) is 0 Å². The zero-order valence-corrected chi connectivity index (χ0v) is 13.8. The maximum atomic E-state index is 13.3. The average Bonchev–Trinajstić information content (AvgIpc) is 2.45. The van der Waals surface area contributed by atoms with E-state index in [4.69, 9.17) is 11.6 Å². The Balaban J connectivity index is 3.19. The maximum Gasteiger partial charge on any atom is 0.277 e. The van der Waals surface area contributed by atoms with E-state index in [1.54, 1.807) is 24.3 Å². The molecule has 0 aliphatic carbocycles. The molecule has 0 heterocycles. The summed E-state index contributed by atoms with van der Waals surface area (Å²) in [6, 6.07) is 9.30. The van der Waals surface area contributed by atoms with Gasteiger partial charge >= 0.3 is 0 Å². The Morgan fingerprint density at radius 1 is 1.05 bits per heavy atom. The molecule has 0 nitrogen and oxygen atoms in total. The molecule has 0 saturated heterocycles. The summed E-state index contributed by atoms with van der Waals surface area (Å²) in [6.45, 7) is 5.98. The molecule has 4 heteroatoms. The van der Waals surface area contributed by atoms with E-state index in [0.29, 0.717) is 10.6 Å². The summed E-state index contributed by atoms with van der Waals surface area (Å²) >= 11 is 5.79. The lowest BCUT2D eigenvalue weighted by atomic mass is 10.2. The molecule has 0 amide bonds. The molecule has 0 atom stereocenters. The van der Waals surface area contributed by atoms with Gasteiger partial charge in [-0.05, 0) is 24.3 Å². The van der Waals surface area contributed by atoms with E-state index >= 15 is 0 Å². The van der Waals surface area contributed by atoms with Crippen molar-refractivity contribution in [2.75, 3.05) is 0 Å². The molecule has 0 spiro atoms. The second-order valence-electron chi connectivity index (χ2n) is 4.73. The highest BCUT2D eigenvalue weighted by Crippen LogP contribution is 2.31. The van der Waals surface area contributed by atoms with Gasteiger partial charge in [0.1, 0.15) is 8.07 Å². The van der Waals surface area contributed by atoms with Gasteiger partial charge in [0, 0.05) is 10.6 Å². The predicted molar refractivity (Wildman–Crippen MR) is 84.8 cm³/mol. The molecule has 0 saturated carbocycles. The summed E-state index contributed by atoms with van der Waals surface area (Å²) in [5, 5.41) is 0.724. The minimum atomic E-state index is -2.14. The Hall–Kier alpha value is -1.11. The van der Waals surface area contributed by atoms with Crippen molar-refractivity contribution in [1.29, 1.82) is 0 Å². The molecule has 0 aromatic heterocycles. The third-order valence-corrected chi connectivity index (χ3v) is 9.61. The van der Waals surface area contributed by atoms with Crippen LogP contribution in [0.15, 0.2) is 35.5 Å². The predicted octanol–water partition coefficient (Wildman–Crippen LogP) is 5.89. The SMILES string of the molecule is CC[Si](CC)(CC)C(C#Cc1ccc(Cl)cc1)=C(F)F. The van der Waals surface area contributed by atoms with Gasteiger partial charge in [0.2, 0.25) is 0 Å². The summed E-state index contributed by atoms with van der Waals surface area (Å²) in [6.07, 6.45) is -1.61. The number of allylic oxidation sites excluding steroid dienone is 1. The fourth-order valence-corrected chi connectivity index (χ4v) is 5.74. The van der Waals surface area contributed by atoms with Crippen molar-refractivity contribution in [3.63, 3.8) is 0 Å². The average molecular weight is 313 g/mol. The molecular formula is C16H19ClF2Si.